The predicted octanol–water partition coefficient (Wildman–Crippen LogP) is 2.16. The molecule has 0 radical (unpaired) electrons. The van der Waals surface area contributed by atoms with E-state index in [1.807, 2.05) is 0 Å². The van der Waals surface area contributed by atoms with Crippen LogP contribution < -0.4 is 5.32 Å². The molecule has 0 spiro atoms. The van der Waals surface area contributed by atoms with Gasteiger partial charge in [0.2, 0.25) is 5.91 Å². The zero-order valence-corrected chi connectivity index (χ0v) is 15.0. The Balaban J connectivity index is 0.00000200. The van der Waals surface area contributed by atoms with Gasteiger partial charge in [0.1, 0.15) is 0 Å². The number of piperidine rings is 2. The number of rotatable bonds is 4. The van der Waals surface area contributed by atoms with Crippen LogP contribution in [0.3, 0.4) is 0 Å². The second-order valence-electron chi connectivity index (χ2n) is 6.31. The molecule has 6 heteroatoms. The van der Waals surface area contributed by atoms with Gasteiger partial charge in [-0.2, -0.15) is 0 Å². The highest BCUT2D eigenvalue weighted by atomic mass is 35.5. The summed E-state index contributed by atoms with van der Waals surface area (Å²) in [6.07, 6.45) is 6.61. The number of amides is 1. The second-order valence-corrected chi connectivity index (χ2v) is 6.31. The van der Waals surface area contributed by atoms with E-state index in [4.69, 9.17) is 0 Å². The number of halogens is 2. The van der Waals surface area contributed by atoms with Gasteiger partial charge < -0.3 is 15.1 Å². The van der Waals surface area contributed by atoms with E-state index in [1.54, 1.807) is 0 Å². The van der Waals surface area contributed by atoms with Crippen LogP contribution >= 0.6 is 24.8 Å². The molecule has 0 aromatic carbocycles. The van der Waals surface area contributed by atoms with Crippen LogP contribution in [0.4, 0.5) is 0 Å². The zero-order chi connectivity index (χ0) is 13.7. The molecule has 2 saturated heterocycles. The summed E-state index contributed by atoms with van der Waals surface area (Å²) >= 11 is 0. The summed E-state index contributed by atoms with van der Waals surface area (Å²) in [4.78, 5) is 16.6. The fourth-order valence-corrected chi connectivity index (χ4v) is 3.29. The minimum atomic E-state index is 0. The summed E-state index contributed by atoms with van der Waals surface area (Å²) in [5, 5.41) is 3.38. The fourth-order valence-electron chi connectivity index (χ4n) is 3.29. The lowest BCUT2D eigenvalue weighted by Gasteiger charge is -2.35. The van der Waals surface area contributed by atoms with E-state index >= 15 is 0 Å². The highest BCUT2D eigenvalue weighted by molar-refractivity contribution is 5.85. The molecule has 0 saturated carbocycles. The Morgan fingerprint density at radius 1 is 1.10 bits per heavy atom. The Hall–Kier alpha value is -0.0300. The molecule has 2 aliphatic heterocycles. The first kappa shape index (κ1) is 21.0. The van der Waals surface area contributed by atoms with Gasteiger partial charge in [-0.05, 0) is 65.2 Å². The molecule has 1 amide bonds. The third kappa shape index (κ3) is 6.72. The molecule has 0 aromatic rings. The molecule has 2 heterocycles. The van der Waals surface area contributed by atoms with Gasteiger partial charge in [0, 0.05) is 25.6 Å². The molecule has 21 heavy (non-hydrogen) atoms. The SMILES string of the molecule is CN(C)C1CCN(C(=O)CCC2CCNCC2)CC1.Cl.Cl. The van der Waals surface area contributed by atoms with Crippen molar-refractivity contribution in [1.82, 2.24) is 15.1 Å². The number of carbonyl (C=O) groups is 1. The minimum Gasteiger partial charge on any atom is -0.343 e. The van der Waals surface area contributed by atoms with Crippen molar-refractivity contribution in [1.29, 1.82) is 0 Å². The van der Waals surface area contributed by atoms with Crippen LogP contribution in [0.25, 0.3) is 0 Å². The van der Waals surface area contributed by atoms with Crippen molar-refractivity contribution < 1.29 is 4.79 Å². The van der Waals surface area contributed by atoms with Gasteiger partial charge in [-0.1, -0.05) is 0 Å². The largest absolute Gasteiger partial charge is 0.343 e. The van der Waals surface area contributed by atoms with Crippen LogP contribution in [0.1, 0.15) is 38.5 Å². The Labute approximate surface area is 141 Å². The van der Waals surface area contributed by atoms with Crippen LogP contribution in [0.2, 0.25) is 0 Å². The summed E-state index contributed by atoms with van der Waals surface area (Å²) in [6.45, 7) is 4.17. The molecule has 2 fully saturated rings. The maximum atomic E-state index is 12.2. The van der Waals surface area contributed by atoms with Gasteiger partial charge in [-0.3, -0.25) is 4.79 Å². The molecule has 0 unspecified atom stereocenters. The molecule has 0 aromatic heterocycles. The lowest BCUT2D eigenvalue weighted by Crippen LogP contribution is -2.44. The molecule has 0 aliphatic carbocycles. The molecule has 0 bridgehead atoms. The first-order chi connectivity index (χ1) is 9.16. The molecule has 0 atom stereocenters. The fraction of sp³-hybridized carbons (Fsp3) is 0.933. The van der Waals surface area contributed by atoms with Crippen LogP contribution in [0.5, 0.6) is 0 Å². The monoisotopic (exact) mass is 339 g/mol. The molecular weight excluding hydrogens is 309 g/mol. The number of nitrogens with zero attached hydrogens (tertiary/aromatic N) is 2. The van der Waals surface area contributed by atoms with Crippen molar-refractivity contribution in [3.05, 3.63) is 0 Å². The average Bonchev–Trinajstić information content (AvgIpc) is 2.46. The molecule has 2 rings (SSSR count). The highest BCUT2D eigenvalue weighted by Gasteiger charge is 2.24. The molecule has 1 N–H and O–H groups in total. The van der Waals surface area contributed by atoms with Crippen LogP contribution in [0.15, 0.2) is 0 Å². The van der Waals surface area contributed by atoms with E-state index in [0.717, 1.165) is 57.8 Å². The van der Waals surface area contributed by atoms with Gasteiger partial charge in [0.15, 0.2) is 0 Å². The van der Waals surface area contributed by atoms with Crippen LogP contribution in [-0.4, -0.2) is 62.0 Å². The first-order valence-corrected chi connectivity index (χ1v) is 7.81. The quantitative estimate of drug-likeness (QED) is 0.852. The van der Waals surface area contributed by atoms with Crippen molar-refractivity contribution in [2.75, 3.05) is 40.3 Å². The third-order valence-electron chi connectivity index (χ3n) is 4.77. The van der Waals surface area contributed by atoms with E-state index in [1.165, 1.54) is 12.8 Å². The highest BCUT2D eigenvalue weighted by Crippen LogP contribution is 2.20. The lowest BCUT2D eigenvalue weighted by atomic mass is 9.92. The normalized spacial score (nSPS) is 20.8. The second kappa shape index (κ2) is 10.7. The van der Waals surface area contributed by atoms with Gasteiger partial charge in [-0.15, -0.1) is 24.8 Å². The van der Waals surface area contributed by atoms with E-state index in [2.05, 4.69) is 29.2 Å². The Morgan fingerprint density at radius 2 is 1.67 bits per heavy atom. The summed E-state index contributed by atoms with van der Waals surface area (Å²) in [5.41, 5.74) is 0. The van der Waals surface area contributed by atoms with E-state index in [0.29, 0.717) is 11.9 Å². The molecule has 126 valence electrons. The van der Waals surface area contributed by atoms with Gasteiger partial charge in [0.25, 0.3) is 0 Å². The standard InChI is InChI=1S/C15H29N3O.2ClH/c1-17(2)14-7-11-18(12-8-14)15(19)4-3-13-5-9-16-10-6-13;;/h13-14,16H,3-12H2,1-2H3;2*1H. The number of carbonyl (C=O) groups excluding carboxylic acids is 1. The summed E-state index contributed by atoms with van der Waals surface area (Å²) in [5.74, 6) is 1.15. The number of hydrogen-bond donors (Lipinski definition) is 1. The Morgan fingerprint density at radius 3 is 2.19 bits per heavy atom. The molecule has 2 aliphatic rings. The van der Waals surface area contributed by atoms with Crippen LogP contribution in [0, 0.1) is 5.92 Å². The minimum absolute atomic E-state index is 0. The van der Waals surface area contributed by atoms with Crippen molar-refractivity contribution in [2.24, 2.45) is 5.92 Å². The Kier molecular flexibility index (Phi) is 10.6. The maximum absolute atomic E-state index is 12.2. The van der Waals surface area contributed by atoms with E-state index < -0.39 is 0 Å². The topological polar surface area (TPSA) is 35.6 Å². The smallest absolute Gasteiger partial charge is 0.222 e. The van der Waals surface area contributed by atoms with Crippen molar-refractivity contribution >= 4 is 30.7 Å². The number of likely N-dealkylation sites (tertiary alicyclic amines) is 1. The van der Waals surface area contributed by atoms with Crippen molar-refractivity contribution in [2.45, 2.75) is 44.6 Å². The Bertz CT molecular complexity index is 289. The van der Waals surface area contributed by atoms with E-state index in [-0.39, 0.29) is 24.8 Å². The summed E-state index contributed by atoms with van der Waals surface area (Å²) in [7, 11) is 4.28. The molecule has 4 nitrogen and oxygen atoms in total. The van der Waals surface area contributed by atoms with Crippen molar-refractivity contribution in [3.63, 3.8) is 0 Å². The predicted molar refractivity (Wildman–Crippen MR) is 92.6 cm³/mol. The van der Waals surface area contributed by atoms with Crippen molar-refractivity contribution in [3.8, 4) is 0 Å². The third-order valence-corrected chi connectivity index (χ3v) is 4.77. The first-order valence-electron chi connectivity index (χ1n) is 7.81. The molecular formula is C15H31Cl2N3O. The lowest BCUT2D eigenvalue weighted by molar-refractivity contribution is -0.133. The number of hydrogen-bond acceptors (Lipinski definition) is 3. The van der Waals surface area contributed by atoms with Gasteiger partial charge >= 0.3 is 0 Å². The van der Waals surface area contributed by atoms with Gasteiger partial charge in [0.05, 0.1) is 0 Å². The number of nitrogens with one attached hydrogen (secondary N) is 1. The summed E-state index contributed by atoms with van der Waals surface area (Å²) in [6, 6.07) is 0.661. The maximum Gasteiger partial charge on any atom is 0.222 e. The van der Waals surface area contributed by atoms with E-state index in [9.17, 15) is 4.79 Å². The van der Waals surface area contributed by atoms with Crippen LogP contribution in [-0.2, 0) is 4.79 Å². The summed E-state index contributed by atoms with van der Waals surface area (Å²) < 4.78 is 0. The zero-order valence-electron chi connectivity index (χ0n) is 13.3. The van der Waals surface area contributed by atoms with Gasteiger partial charge in [-0.25, -0.2) is 0 Å². The average molecular weight is 340 g/mol.